The molecule has 0 aliphatic heterocycles. The standard InChI is InChI=1S/C38H55F3O5S/c1-5-6-7-8-9-10-11-12-13-14-15-16-17-18-33(44)46-38(34(45)47-25-39)26(2)21-28-29-23-31(40)30-22-27(42)19-20-35(30,3)37(29,41)32(43)24-36(28,38)4/h10-11,19-20,22,26,28-29,31-32,43H,5-9,12-18,21,23-25H2,1-4H3/b11-10+/t26-,28?,29?,31+,32+,35+,36+,37+,38+/m1/s1. The molecule has 0 saturated heterocycles. The molecule has 2 unspecified atom stereocenters. The highest BCUT2D eigenvalue weighted by Crippen LogP contribution is 2.72. The normalized spacial score (nSPS) is 37.7. The van der Waals surface area contributed by atoms with Gasteiger partial charge in [0.15, 0.2) is 17.1 Å². The molecule has 0 amide bonds. The van der Waals surface area contributed by atoms with Gasteiger partial charge in [-0.3, -0.25) is 14.4 Å². The molecule has 4 aliphatic rings. The first-order chi connectivity index (χ1) is 22.3. The summed E-state index contributed by atoms with van der Waals surface area (Å²) in [4.78, 5) is 39.4. The first-order valence-electron chi connectivity index (χ1n) is 17.9. The summed E-state index contributed by atoms with van der Waals surface area (Å²) >= 11 is 0.427. The third-order valence-corrected chi connectivity index (χ3v) is 12.7. The first kappa shape index (κ1) is 37.9. The van der Waals surface area contributed by atoms with E-state index in [-0.39, 0.29) is 31.3 Å². The number of halogens is 3. The zero-order valence-corrected chi connectivity index (χ0v) is 29.5. The Hall–Kier alpha value is -1.87. The molecule has 0 aromatic heterocycles. The molecule has 0 heterocycles. The van der Waals surface area contributed by atoms with Crippen molar-refractivity contribution in [1.82, 2.24) is 0 Å². The predicted molar refractivity (Wildman–Crippen MR) is 181 cm³/mol. The van der Waals surface area contributed by atoms with Crippen molar-refractivity contribution in [3.8, 4) is 0 Å². The van der Waals surface area contributed by atoms with Gasteiger partial charge in [0.05, 0.1) is 6.10 Å². The van der Waals surface area contributed by atoms with E-state index < -0.39 is 75.0 Å². The fourth-order valence-electron chi connectivity index (χ4n) is 9.59. The maximum absolute atomic E-state index is 17.6. The van der Waals surface area contributed by atoms with Gasteiger partial charge >= 0.3 is 5.97 Å². The zero-order chi connectivity index (χ0) is 34.5. The number of carbonyl (C=O) groups excluding carboxylic acids is 3. The van der Waals surface area contributed by atoms with Gasteiger partial charge in [-0.2, -0.15) is 0 Å². The molecule has 47 heavy (non-hydrogen) atoms. The highest BCUT2D eigenvalue weighted by atomic mass is 32.2. The van der Waals surface area contributed by atoms with E-state index in [4.69, 9.17) is 4.74 Å². The van der Waals surface area contributed by atoms with E-state index in [0.717, 1.165) is 44.6 Å². The van der Waals surface area contributed by atoms with Gasteiger partial charge in [-0.05, 0) is 93.7 Å². The van der Waals surface area contributed by atoms with Gasteiger partial charge in [0.2, 0.25) is 5.12 Å². The minimum absolute atomic E-state index is 0.0217. The number of fused-ring (bicyclic) bond motifs is 5. The summed E-state index contributed by atoms with van der Waals surface area (Å²) in [6.45, 7) is 7.20. The fraction of sp³-hybridized carbons (Fsp3) is 0.763. The molecule has 0 radical (unpaired) electrons. The van der Waals surface area contributed by atoms with Crippen LogP contribution < -0.4 is 0 Å². The van der Waals surface area contributed by atoms with Crippen LogP contribution in [0.4, 0.5) is 13.2 Å². The largest absolute Gasteiger partial charge is 0.449 e. The molecule has 3 fully saturated rings. The van der Waals surface area contributed by atoms with Crippen LogP contribution in [0, 0.1) is 28.6 Å². The number of hydrogen-bond donors (Lipinski definition) is 1. The number of ether oxygens (including phenoxy) is 1. The third kappa shape index (κ3) is 6.95. The zero-order valence-electron chi connectivity index (χ0n) is 28.7. The van der Waals surface area contributed by atoms with Crippen LogP contribution >= 0.6 is 11.8 Å². The summed E-state index contributed by atoms with van der Waals surface area (Å²) < 4.78 is 53.2. The molecule has 264 valence electrons. The van der Waals surface area contributed by atoms with Crippen molar-refractivity contribution in [2.24, 2.45) is 28.6 Å². The number of allylic oxidation sites excluding steroid dienone is 6. The molecular weight excluding hydrogens is 625 g/mol. The Labute approximate surface area is 283 Å². The van der Waals surface area contributed by atoms with E-state index in [1.54, 1.807) is 13.8 Å². The third-order valence-electron chi connectivity index (χ3n) is 12.1. The van der Waals surface area contributed by atoms with Crippen LogP contribution in [0.1, 0.15) is 124 Å². The summed E-state index contributed by atoms with van der Waals surface area (Å²) in [7, 11) is 0. The molecule has 0 bridgehead atoms. The summed E-state index contributed by atoms with van der Waals surface area (Å²) in [5.41, 5.74) is -6.90. The molecule has 9 atom stereocenters. The molecule has 4 aliphatic carbocycles. The minimum atomic E-state index is -2.32. The SMILES string of the molecule is CCCCCC/C=C/CCCCCCCC(=O)O[C@]1(C(=O)SCF)[C@H](C)CC2C3C[C@H](F)C4=CC(=O)C=C[C@]4(C)[C@@]3(F)[C@@H](O)C[C@@]21C. The number of rotatable bonds is 16. The summed E-state index contributed by atoms with van der Waals surface area (Å²) in [6.07, 6.45) is 16.6. The fourth-order valence-corrected chi connectivity index (χ4v) is 10.4. The van der Waals surface area contributed by atoms with E-state index in [1.807, 2.05) is 0 Å². The van der Waals surface area contributed by atoms with Crippen LogP contribution in [0.2, 0.25) is 0 Å². The van der Waals surface area contributed by atoms with E-state index in [0.29, 0.717) is 18.2 Å². The quantitative estimate of drug-likeness (QED) is 0.0995. The molecule has 0 aromatic carbocycles. The molecular formula is C38H55F3O5S. The Morgan fingerprint density at radius 2 is 1.66 bits per heavy atom. The topological polar surface area (TPSA) is 80.7 Å². The highest BCUT2D eigenvalue weighted by Gasteiger charge is 2.78. The number of unbranched alkanes of at least 4 members (excludes halogenated alkanes) is 9. The van der Waals surface area contributed by atoms with Crippen molar-refractivity contribution in [3.05, 3.63) is 36.0 Å². The molecule has 4 rings (SSSR count). The van der Waals surface area contributed by atoms with Crippen molar-refractivity contribution in [3.63, 3.8) is 0 Å². The van der Waals surface area contributed by atoms with Crippen LogP contribution in [0.5, 0.6) is 0 Å². The van der Waals surface area contributed by atoms with Gasteiger partial charge in [-0.25, -0.2) is 13.2 Å². The Morgan fingerprint density at radius 3 is 2.32 bits per heavy atom. The monoisotopic (exact) mass is 680 g/mol. The average molecular weight is 681 g/mol. The lowest BCUT2D eigenvalue weighted by Crippen LogP contribution is -2.70. The van der Waals surface area contributed by atoms with Crippen molar-refractivity contribution in [1.29, 1.82) is 0 Å². The smallest absolute Gasteiger partial charge is 0.306 e. The molecule has 9 heteroatoms. The molecule has 0 aromatic rings. The van der Waals surface area contributed by atoms with Crippen molar-refractivity contribution in [2.45, 2.75) is 148 Å². The Balaban J connectivity index is 1.43. The Bertz CT molecular complexity index is 1240. The van der Waals surface area contributed by atoms with Crippen LogP contribution in [0.3, 0.4) is 0 Å². The van der Waals surface area contributed by atoms with Gasteiger partial charge in [0.25, 0.3) is 0 Å². The van der Waals surface area contributed by atoms with E-state index >= 15 is 8.78 Å². The second kappa shape index (κ2) is 15.8. The van der Waals surface area contributed by atoms with Crippen LogP contribution in [-0.2, 0) is 19.1 Å². The number of ketones is 1. The first-order valence-corrected chi connectivity index (χ1v) is 18.9. The Morgan fingerprint density at radius 1 is 1.02 bits per heavy atom. The minimum Gasteiger partial charge on any atom is -0.449 e. The molecule has 1 N–H and O–H groups in total. The average Bonchev–Trinajstić information content (AvgIpc) is 3.24. The van der Waals surface area contributed by atoms with Crippen molar-refractivity contribution < 1.29 is 37.4 Å². The molecule has 3 saturated carbocycles. The lowest BCUT2D eigenvalue weighted by atomic mass is 9.44. The number of aliphatic hydroxyl groups excluding tert-OH is 1. The lowest BCUT2D eigenvalue weighted by molar-refractivity contribution is -0.228. The summed E-state index contributed by atoms with van der Waals surface area (Å²) in [5.74, 6) is -3.24. The van der Waals surface area contributed by atoms with Crippen molar-refractivity contribution >= 4 is 28.6 Å². The molecule has 5 nitrogen and oxygen atoms in total. The van der Waals surface area contributed by atoms with Crippen LogP contribution in [0.25, 0.3) is 0 Å². The summed E-state index contributed by atoms with van der Waals surface area (Å²) in [5, 5.41) is 11.0. The number of aliphatic hydroxyl groups is 1. The number of alkyl halides is 3. The maximum atomic E-state index is 17.6. The highest BCUT2D eigenvalue weighted by molar-refractivity contribution is 8.13. The van der Waals surface area contributed by atoms with E-state index in [1.165, 1.54) is 44.8 Å². The van der Waals surface area contributed by atoms with Gasteiger partial charge in [0, 0.05) is 29.1 Å². The summed E-state index contributed by atoms with van der Waals surface area (Å²) in [6, 6.07) is -1.02. The number of thioether (sulfide) groups is 1. The van der Waals surface area contributed by atoms with Gasteiger partial charge in [-0.1, -0.05) is 77.5 Å². The second-order valence-corrected chi connectivity index (χ2v) is 15.8. The van der Waals surface area contributed by atoms with Gasteiger partial charge in [-0.15, -0.1) is 0 Å². The van der Waals surface area contributed by atoms with Crippen LogP contribution in [-0.4, -0.2) is 51.5 Å². The maximum Gasteiger partial charge on any atom is 0.306 e. The van der Waals surface area contributed by atoms with Gasteiger partial charge < -0.3 is 9.84 Å². The number of esters is 1. The second-order valence-electron chi connectivity index (χ2n) is 14.9. The van der Waals surface area contributed by atoms with Gasteiger partial charge in [0.1, 0.15) is 12.2 Å². The van der Waals surface area contributed by atoms with E-state index in [9.17, 15) is 23.9 Å². The van der Waals surface area contributed by atoms with Crippen LogP contribution in [0.15, 0.2) is 36.0 Å². The number of hydrogen-bond acceptors (Lipinski definition) is 6. The molecule has 0 spiro atoms. The van der Waals surface area contributed by atoms with Crippen molar-refractivity contribution in [2.75, 3.05) is 6.01 Å². The number of carbonyl (C=O) groups is 3. The van der Waals surface area contributed by atoms with E-state index in [2.05, 4.69) is 19.1 Å². The predicted octanol–water partition coefficient (Wildman–Crippen LogP) is 9.28. The lowest BCUT2D eigenvalue weighted by Gasteiger charge is -2.63. The Kier molecular flexibility index (Phi) is 12.7.